The fourth-order valence-electron chi connectivity index (χ4n) is 2.86. The van der Waals surface area contributed by atoms with Crippen molar-refractivity contribution in [2.24, 2.45) is 0 Å². The molecule has 0 aliphatic heterocycles. The van der Waals surface area contributed by atoms with Crippen LogP contribution in [-0.4, -0.2) is 30.5 Å². The Morgan fingerprint density at radius 3 is 2.47 bits per heavy atom. The van der Waals surface area contributed by atoms with Crippen molar-refractivity contribution in [2.75, 3.05) is 4.47 Å². The lowest BCUT2D eigenvalue weighted by Gasteiger charge is -2.23. The highest BCUT2D eigenvalue weighted by molar-refractivity contribution is 7.92. The first-order valence-electron chi connectivity index (χ1n) is 8.85. The third-order valence-corrected chi connectivity index (χ3v) is 5.83. The molecule has 2 aromatic heterocycles. The molecule has 32 heavy (non-hydrogen) atoms. The third kappa shape index (κ3) is 3.99. The van der Waals surface area contributed by atoms with Crippen LogP contribution >= 0.6 is 0 Å². The summed E-state index contributed by atoms with van der Waals surface area (Å²) in [4.78, 5) is 23.6. The van der Waals surface area contributed by atoms with Crippen LogP contribution in [0.5, 0.6) is 0 Å². The average molecular weight is 463 g/mol. The number of aromatic nitrogens is 2. The van der Waals surface area contributed by atoms with Crippen LogP contribution in [0.4, 0.5) is 18.9 Å². The van der Waals surface area contributed by atoms with E-state index in [4.69, 9.17) is 4.42 Å². The number of benzene rings is 2. The summed E-state index contributed by atoms with van der Waals surface area (Å²) in [5.41, 5.74) is 0.398. The first-order valence-corrected chi connectivity index (χ1v) is 10.3. The van der Waals surface area contributed by atoms with E-state index in [0.717, 1.165) is 12.1 Å². The summed E-state index contributed by atoms with van der Waals surface area (Å²) in [7, 11) is -4.74. The monoisotopic (exact) mass is 463 g/mol. The van der Waals surface area contributed by atoms with Gasteiger partial charge in [-0.1, -0.05) is 22.7 Å². The lowest BCUT2D eigenvalue weighted by Crippen LogP contribution is -2.38. The molecule has 2 aromatic carbocycles. The molecule has 0 spiro atoms. The van der Waals surface area contributed by atoms with Crippen LogP contribution in [0.25, 0.3) is 22.2 Å². The zero-order valence-corrected chi connectivity index (χ0v) is 16.7. The quantitative estimate of drug-likeness (QED) is 0.411. The summed E-state index contributed by atoms with van der Waals surface area (Å²) in [6, 6.07) is 10.4. The van der Waals surface area contributed by atoms with Gasteiger partial charge in [-0.25, -0.2) is 4.79 Å². The Morgan fingerprint density at radius 1 is 1.06 bits per heavy atom. The van der Waals surface area contributed by atoms with E-state index in [1.807, 2.05) is 0 Å². The van der Waals surface area contributed by atoms with Gasteiger partial charge in [0.1, 0.15) is 5.58 Å². The van der Waals surface area contributed by atoms with Crippen LogP contribution in [-0.2, 0) is 19.7 Å². The van der Waals surface area contributed by atoms with Crippen LogP contribution in [0.3, 0.4) is 0 Å². The number of fused-ring (bicyclic) bond motifs is 1. The molecule has 164 valence electrons. The van der Waals surface area contributed by atoms with Gasteiger partial charge < -0.3 is 9.25 Å². The minimum Gasteiger partial charge on any atom is -0.464 e. The van der Waals surface area contributed by atoms with Crippen molar-refractivity contribution in [3.63, 3.8) is 0 Å². The molecule has 0 unspecified atom stereocenters. The van der Waals surface area contributed by atoms with Gasteiger partial charge in [-0.2, -0.15) is 21.6 Å². The van der Waals surface area contributed by atoms with Crippen LogP contribution < -0.4 is 4.47 Å². The van der Waals surface area contributed by atoms with E-state index in [1.165, 1.54) is 61.3 Å². The van der Waals surface area contributed by atoms with Gasteiger partial charge in [-0.15, -0.1) is 0 Å². The lowest BCUT2D eigenvalue weighted by molar-refractivity contribution is -0.199. The number of sulfonamides is 1. The fraction of sp³-hybridized carbons (Fsp3) is 0.0500. The molecule has 8 nitrogen and oxygen atoms in total. The summed E-state index contributed by atoms with van der Waals surface area (Å²) in [5, 5.41) is 0.333. The Bertz CT molecular complexity index is 1370. The number of carbonyl (C=O) groups is 1. The molecule has 4 rings (SSSR count). The standard InChI is InChI=1S/C20H12F3N3O5S/c21-20(22,23)19(27)31-26(32(28,29)15-4-2-1-3-5-15)14-10-13-6-9-30-18(13)16(11-14)17-12-24-7-8-25-17/h1-12H. The van der Waals surface area contributed by atoms with Gasteiger partial charge in [0, 0.05) is 23.3 Å². The molecule has 0 radical (unpaired) electrons. The van der Waals surface area contributed by atoms with Crippen molar-refractivity contribution in [3.05, 3.63) is 73.4 Å². The van der Waals surface area contributed by atoms with Crippen LogP contribution in [0, 0.1) is 0 Å². The normalized spacial score (nSPS) is 12.0. The predicted octanol–water partition coefficient (Wildman–Crippen LogP) is 4.11. The molecular weight excluding hydrogens is 451 g/mol. The molecule has 0 atom stereocenters. The van der Waals surface area contributed by atoms with Gasteiger partial charge in [0.05, 0.1) is 28.7 Å². The highest BCUT2D eigenvalue weighted by Crippen LogP contribution is 2.36. The van der Waals surface area contributed by atoms with Gasteiger partial charge in [0.2, 0.25) is 0 Å². The number of hydrogen-bond acceptors (Lipinski definition) is 7. The number of rotatable bonds is 5. The molecule has 4 aromatic rings. The van der Waals surface area contributed by atoms with E-state index in [0.29, 0.717) is 5.39 Å². The molecule has 2 heterocycles. The summed E-state index contributed by atoms with van der Waals surface area (Å²) < 4.78 is 70.5. The minimum atomic E-state index is -5.43. The number of hydrogen-bond donors (Lipinski definition) is 0. The molecular formula is C20H12F3N3O5S. The maximum atomic E-state index is 13.1. The maximum absolute atomic E-state index is 13.1. The fourth-order valence-corrected chi connectivity index (χ4v) is 4.10. The van der Waals surface area contributed by atoms with Crippen molar-refractivity contribution in [1.29, 1.82) is 0 Å². The highest BCUT2D eigenvalue weighted by atomic mass is 32.2. The van der Waals surface area contributed by atoms with Crippen molar-refractivity contribution in [2.45, 2.75) is 11.1 Å². The van der Waals surface area contributed by atoms with Crippen molar-refractivity contribution < 1.29 is 35.6 Å². The molecule has 0 aliphatic rings. The van der Waals surface area contributed by atoms with Crippen molar-refractivity contribution >= 4 is 32.6 Å². The summed E-state index contributed by atoms with van der Waals surface area (Å²) in [6.45, 7) is 0. The minimum absolute atomic E-state index is 0.0650. The zero-order valence-electron chi connectivity index (χ0n) is 15.9. The molecule has 0 bridgehead atoms. The second-order valence-corrected chi connectivity index (χ2v) is 8.10. The highest BCUT2D eigenvalue weighted by Gasteiger charge is 2.45. The molecule has 0 fully saturated rings. The average Bonchev–Trinajstić information content (AvgIpc) is 3.25. The Balaban J connectivity index is 1.93. The van der Waals surface area contributed by atoms with E-state index in [2.05, 4.69) is 14.8 Å². The molecule has 0 saturated heterocycles. The molecule has 0 aliphatic carbocycles. The summed E-state index contributed by atoms with van der Waals surface area (Å²) >= 11 is 0. The number of carbonyl (C=O) groups excluding carboxylic acids is 1. The van der Waals surface area contributed by atoms with Gasteiger partial charge in [-0.3, -0.25) is 9.97 Å². The molecule has 12 heteroatoms. The van der Waals surface area contributed by atoms with Gasteiger partial charge in [0.25, 0.3) is 10.0 Å². The Hall–Kier alpha value is -3.93. The Labute approximate surface area is 178 Å². The molecule has 0 amide bonds. The topological polar surface area (TPSA) is 103 Å². The predicted molar refractivity (Wildman–Crippen MR) is 105 cm³/mol. The van der Waals surface area contributed by atoms with Gasteiger partial charge in [0.15, 0.2) is 0 Å². The second-order valence-electron chi connectivity index (χ2n) is 6.34. The molecule has 0 saturated carbocycles. The number of furan rings is 1. The smallest absolute Gasteiger partial charge is 0.464 e. The first-order chi connectivity index (χ1) is 15.2. The SMILES string of the molecule is O=C(ON(c1cc(-c2cnccn2)c2occc2c1)S(=O)(=O)c1ccccc1)C(F)(F)F. The van der Waals surface area contributed by atoms with Crippen molar-refractivity contribution in [3.8, 4) is 11.3 Å². The Kier molecular flexibility index (Phi) is 5.30. The van der Waals surface area contributed by atoms with E-state index >= 15 is 0 Å². The number of anilines is 1. The Morgan fingerprint density at radius 2 is 1.81 bits per heavy atom. The summed E-state index contributed by atoms with van der Waals surface area (Å²) in [6.07, 6.45) is 0.0196. The van der Waals surface area contributed by atoms with Crippen molar-refractivity contribution in [1.82, 2.24) is 9.97 Å². The van der Waals surface area contributed by atoms with Gasteiger partial charge in [-0.05, 0) is 30.3 Å². The number of halogens is 3. The second kappa shape index (κ2) is 7.96. The molecule has 0 N–H and O–H groups in total. The van der Waals surface area contributed by atoms with E-state index in [-0.39, 0.29) is 31.9 Å². The maximum Gasteiger partial charge on any atom is 0.493 e. The van der Waals surface area contributed by atoms with Crippen LogP contribution in [0.15, 0.2) is 82.7 Å². The lowest BCUT2D eigenvalue weighted by atomic mass is 10.1. The van der Waals surface area contributed by atoms with E-state index in [1.54, 1.807) is 0 Å². The zero-order chi connectivity index (χ0) is 22.9. The van der Waals surface area contributed by atoms with E-state index < -0.39 is 22.2 Å². The number of alkyl halides is 3. The first kappa shape index (κ1) is 21.3. The summed E-state index contributed by atoms with van der Waals surface area (Å²) in [5.74, 6) is -2.70. The largest absolute Gasteiger partial charge is 0.493 e. The van der Waals surface area contributed by atoms with E-state index in [9.17, 15) is 26.4 Å². The third-order valence-electron chi connectivity index (χ3n) is 4.24. The van der Waals surface area contributed by atoms with Gasteiger partial charge >= 0.3 is 12.1 Å². The van der Waals surface area contributed by atoms with Crippen LogP contribution in [0.2, 0.25) is 0 Å². The number of nitrogens with zero attached hydrogens (tertiary/aromatic N) is 3. The van der Waals surface area contributed by atoms with Crippen LogP contribution in [0.1, 0.15) is 0 Å².